The standard InChI is InChI=1S/C21H30N4O2S/c1-4-5-10-24(3)12-15(2)23-20(26)19-13-28-14-25(19)21(27)17-11-22-18-9-7-6-8-16(17)18/h6-9,11,15,19,22H,4-5,10,12-14H2,1-3H3,(H,23,26)/t15-,19-/m0/s1. The molecule has 1 aliphatic rings. The Kier molecular flexibility index (Phi) is 7.02. The average molecular weight is 403 g/mol. The third-order valence-electron chi connectivity index (χ3n) is 5.13. The van der Waals surface area contributed by atoms with Gasteiger partial charge in [-0.15, -0.1) is 11.8 Å². The summed E-state index contributed by atoms with van der Waals surface area (Å²) in [5.74, 6) is 1.03. The maximum atomic E-state index is 13.1. The zero-order valence-corrected chi connectivity index (χ0v) is 17.7. The van der Waals surface area contributed by atoms with Crippen LogP contribution in [0.1, 0.15) is 37.0 Å². The number of nitrogens with zero attached hydrogens (tertiary/aromatic N) is 2. The van der Waals surface area contributed by atoms with Gasteiger partial charge in [0.25, 0.3) is 5.91 Å². The van der Waals surface area contributed by atoms with Crippen molar-refractivity contribution < 1.29 is 9.59 Å². The third-order valence-corrected chi connectivity index (χ3v) is 6.15. The SMILES string of the molecule is CCCCN(C)C[C@H](C)NC(=O)[C@@H]1CSCN1C(=O)c1c[nH]c2ccccc12. The molecule has 0 unspecified atom stereocenters. The summed E-state index contributed by atoms with van der Waals surface area (Å²) in [5.41, 5.74) is 1.56. The Labute approximate surface area is 171 Å². The van der Waals surface area contributed by atoms with Crippen molar-refractivity contribution in [3.05, 3.63) is 36.0 Å². The minimum atomic E-state index is -0.422. The molecule has 1 aromatic carbocycles. The lowest BCUT2D eigenvalue weighted by atomic mass is 10.1. The maximum Gasteiger partial charge on any atom is 0.257 e. The van der Waals surface area contributed by atoms with Crippen LogP contribution in [0.4, 0.5) is 0 Å². The maximum absolute atomic E-state index is 13.1. The molecule has 2 amide bonds. The molecule has 0 spiro atoms. The molecule has 28 heavy (non-hydrogen) atoms. The molecule has 7 heteroatoms. The smallest absolute Gasteiger partial charge is 0.257 e. The molecule has 1 aromatic heterocycles. The van der Waals surface area contributed by atoms with Crippen LogP contribution in [0, 0.1) is 0 Å². The van der Waals surface area contributed by atoms with Gasteiger partial charge in [0.05, 0.1) is 11.4 Å². The van der Waals surface area contributed by atoms with E-state index < -0.39 is 6.04 Å². The van der Waals surface area contributed by atoms with Crippen LogP contribution in [0.5, 0.6) is 0 Å². The van der Waals surface area contributed by atoms with Crippen molar-refractivity contribution in [2.75, 3.05) is 31.8 Å². The number of aromatic nitrogens is 1. The molecule has 1 fully saturated rings. The molecule has 2 heterocycles. The second-order valence-electron chi connectivity index (χ2n) is 7.56. The van der Waals surface area contributed by atoms with Crippen LogP contribution in [-0.2, 0) is 4.79 Å². The number of carbonyl (C=O) groups is 2. The van der Waals surface area contributed by atoms with E-state index in [0.717, 1.165) is 36.8 Å². The minimum absolute atomic E-state index is 0.0463. The number of aromatic amines is 1. The molecular formula is C21H30N4O2S. The Morgan fingerprint density at radius 1 is 1.39 bits per heavy atom. The highest BCUT2D eigenvalue weighted by molar-refractivity contribution is 7.99. The highest BCUT2D eigenvalue weighted by atomic mass is 32.2. The molecule has 0 radical (unpaired) electrons. The summed E-state index contributed by atoms with van der Waals surface area (Å²) in [6.45, 7) is 6.04. The van der Waals surface area contributed by atoms with Crippen molar-refractivity contribution in [3.8, 4) is 0 Å². The molecule has 6 nitrogen and oxygen atoms in total. The molecule has 2 N–H and O–H groups in total. The van der Waals surface area contributed by atoms with Gasteiger partial charge in [-0.2, -0.15) is 0 Å². The van der Waals surface area contributed by atoms with E-state index >= 15 is 0 Å². The van der Waals surface area contributed by atoms with Crippen LogP contribution < -0.4 is 5.32 Å². The molecule has 152 valence electrons. The van der Waals surface area contributed by atoms with Crippen molar-refractivity contribution in [1.29, 1.82) is 0 Å². The van der Waals surface area contributed by atoms with E-state index in [4.69, 9.17) is 0 Å². The lowest BCUT2D eigenvalue weighted by Crippen LogP contribution is -2.51. The second-order valence-corrected chi connectivity index (χ2v) is 8.56. The van der Waals surface area contributed by atoms with Gasteiger partial charge in [-0.1, -0.05) is 31.5 Å². The van der Waals surface area contributed by atoms with Crippen molar-refractivity contribution in [3.63, 3.8) is 0 Å². The number of nitrogens with one attached hydrogen (secondary N) is 2. The average Bonchev–Trinajstić information content (AvgIpc) is 3.32. The number of para-hydroxylation sites is 1. The summed E-state index contributed by atoms with van der Waals surface area (Å²) in [6, 6.07) is 7.37. The lowest BCUT2D eigenvalue weighted by Gasteiger charge is -2.26. The molecule has 3 rings (SSSR count). The molecule has 0 aliphatic carbocycles. The number of likely N-dealkylation sites (N-methyl/N-ethyl adjacent to an activating group) is 1. The van der Waals surface area contributed by atoms with Crippen LogP contribution in [0.3, 0.4) is 0 Å². The summed E-state index contributed by atoms with van der Waals surface area (Å²) < 4.78 is 0. The van der Waals surface area contributed by atoms with E-state index in [1.165, 1.54) is 0 Å². The predicted molar refractivity (Wildman–Crippen MR) is 116 cm³/mol. The fourth-order valence-electron chi connectivity index (χ4n) is 3.63. The number of fused-ring (bicyclic) bond motifs is 1. The van der Waals surface area contributed by atoms with E-state index in [2.05, 4.69) is 29.2 Å². The van der Waals surface area contributed by atoms with E-state index in [1.54, 1.807) is 22.9 Å². The van der Waals surface area contributed by atoms with Gasteiger partial charge in [-0.25, -0.2) is 0 Å². The van der Waals surface area contributed by atoms with Crippen LogP contribution in [0.25, 0.3) is 10.9 Å². The van der Waals surface area contributed by atoms with Gasteiger partial charge < -0.3 is 20.1 Å². The summed E-state index contributed by atoms with van der Waals surface area (Å²) in [5, 5.41) is 4.00. The van der Waals surface area contributed by atoms with Crippen molar-refractivity contribution in [1.82, 2.24) is 20.1 Å². The van der Waals surface area contributed by atoms with Crippen LogP contribution in [-0.4, -0.2) is 70.4 Å². The Morgan fingerprint density at radius 3 is 2.96 bits per heavy atom. The Morgan fingerprint density at radius 2 is 2.18 bits per heavy atom. The predicted octanol–water partition coefficient (Wildman–Crippen LogP) is 2.92. The van der Waals surface area contributed by atoms with E-state index in [0.29, 0.717) is 17.2 Å². The normalized spacial score (nSPS) is 18.0. The Balaban J connectivity index is 1.63. The second kappa shape index (κ2) is 9.47. The largest absolute Gasteiger partial charge is 0.360 e. The number of hydrogen-bond donors (Lipinski definition) is 2. The van der Waals surface area contributed by atoms with Crippen LogP contribution >= 0.6 is 11.8 Å². The summed E-state index contributed by atoms with van der Waals surface area (Å²) in [4.78, 5) is 33.1. The van der Waals surface area contributed by atoms with Crippen molar-refractivity contribution in [2.24, 2.45) is 0 Å². The van der Waals surface area contributed by atoms with Crippen molar-refractivity contribution >= 4 is 34.5 Å². The number of thioether (sulfide) groups is 1. The van der Waals surface area contributed by atoms with Gasteiger partial charge in [-0.3, -0.25) is 9.59 Å². The quantitative estimate of drug-likeness (QED) is 0.712. The van der Waals surface area contributed by atoms with Gasteiger partial charge in [0.15, 0.2) is 0 Å². The third kappa shape index (κ3) is 4.70. The van der Waals surface area contributed by atoms with Crippen LogP contribution in [0.2, 0.25) is 0 Å². The van der Waals surface area contributed by atoms with Gasteiger partial charge in [0.2, 0.25) is 5.91 Å². The first-order valence-electron chi connectivity index (χ1n) is 9.95. The molecule has 1 saturated heterocycles. The number of hydrogen-bond acceptors (Lipinski definition) is 4. The number of carbonyl (C=O) groups excluding carboxylic acids is 2. The van der Waals surface area contributed by atoms with Gasteiger partial charge >= 0.3 is 0 Å². The monoisotopic (exact) mass is 402 g/mol. The molecule has 1 aliphatic heterocycles. The Bertz CT molecular complexity index is 822. The van der Waals surface area contributed by atoms with E-state index in [-0.39, 0.29) is 17.9 Å². The topological polar surface area (TPSA) is 68.4 Å². The van der Waals surface area contributed by atoms with E-state index in [9.17, 15) is 9.59 Å². The fraction of sp³-hybridized carbons (Fsp3) is 0.524. The first kappa shape index (κ1) is 20.7. The molecule has 0 bridgehead atoms. The first-order valence-corrected chi connectivity index (χ1v) is 11.1. The fourth-order valence-corrected chi connectivity index (χ4v) is 4.79. The summed E-state index contributed by atoms with van der Waals surface area (Å²) >= 11 is 1.63. The first-order chi connectivity index (χ1) is 13.5. The van der Waals surface area contributed by atoms with Gasteiger partial charge in [0.1, 0.15) is 6.04 Å². The molecule has 2 atom stereocenters. The number of amides is 2. The molecule has 0 saturated carbocycles. The van der Waals surface area contributed by atoms with Crippen molar-refractivity contribution in [2.45, 2.75) is 38.8 Å². The highest BCUT2D eigenvalue weighted by Gasteiger charge is 2.36. The van der Waals surface area contributed by atoms with E-state index in [1.807, 2.05) is 31.2 Å². The summed E-state index contributed by atoms with van der Waals surface area (Å²) in [6.07, 6.45) is 4.06. The number of H-pyrrole nitrogens is 1. The number of benzene rings is 1. The number of rotatable bonds is 8. The zero-order chi connectivity index (χ0) is 20.1. The number of unbranched alkanes of at least 4 members (excludes halogenated alkanes) is 1. The molecule has 2 aromatic rings. The minimum Gasteiger partial charge on any atom is -0.360 e. The van der Waals surface area contributed by atoms with Gasteiger partial charge in [-0.05, 0) is 33.0 Å². The Hall–Kier alpha value is -1.99. The summed E-state index contributed by atoms with van der Waals surface area (Å²) in [7, 11) is 2.08. The zero-order valence-electron chi connectivity index (χ0n) is 16.9. The molecular weight excluding hydrogens is 372 g/mol. The highest BCUT2D eigenvalue weighted by Crippen LogP contribution is 2.26. The van der Waals surface area contributed by atoms with Crippen LogP contribution in [0.15, 0.2) is 30.5 Å². The van der Waals surface area contributed by atoms with Gasteiger partial charge in [0, 0.05) is 35.4 Å². The lowest BCUT2D eigenvalue weighted by molar-refractivity contribution is -0.125.